The van der Waals surface area contributed by atoms with Crippen molar-refractivity contribution >= 4 is 29.4 Å². The number of carbonyl (C=O) groups excluding carboxylic acids is 1. The fourth-order valence-corrected chi connectivity index (χ4v) is 3.67. The molecule has 0 spiro atoms. The Morgan fingerprint density at radius 3 is 2.82 bits per heavy atom. The second kappa shape index (κ2) is 6.01. The molecule has 2 heterocycles. The number of nitrogens with zero attached hydrogens (tertiary/aromatic N) is 3. The smallest absolute Gasteiger partial charge is 0.251 e. The van der Waals surface area contributed by atoms with Crippen molar-refractivity contribution in [1.29, 1.82) is 0 Å². The molecule has 1 aliphatic heterocycles. The number of aryl methyl sites for hydroxylation is 2. The molecular formula is C17H19N3OS. The lowest BCUT2D eigenvalue weighted by molar-refractivity contribution is -0.114. The van der Waals surface area contributed by atoms with Gasteiger partial charge >= 0.3 is 0 Å². The molecule has 1 aromatic heterocycles. The molecule has 0 radical (unpaired) electrons. The number of hydrogen-bond donors (Lipinski definition) is 0. The Labute approximate surface area is 134 Å². The number of amides is 1. The van der Waals surface area contributed by atoms with Crippen LogP contribution in [0.25, 0.3) is 6.08 Å². The maximum atomic E-state index is 12.6. The number of anilines is 1. The summed E-state index contributed by atoms with van der Waals surface area (Å²) in [7, 11) is 1.92. The van der Waals surface area contributed by atoms with Crippen LogP contribution in [0.15, 0.2) is 35.2 Å². The Kier molecular flexibility index (Phi) is 4.07. The van der Waals surface area contributed by atoms with Crippen LogP contribution in [0.1, 0.15) is 17.0 Å². The third kappa shape index (κ3) is 2.68. The van der Waals surface area contributed by atoms with Gasteiger partial charge in [0.15, 0.2) is 0 Å². The van der Waals surface area contributed by atoms with Gasteiger partial charge in [-0.1, -0.05) is 12.1 Å². The van der Waals surface area contributed by atoms with E-state index in [0.717, 1.165) is 34.9 Å². The Morgan fingerprint density at radius 2 is 2.09 bits per heavy atom. The van der Waals surface area contributed by atoms with Crippen molar-refractivity contribution in [2.45, 2.75) is 18.7 Å². The third-order valence-corrected chi connectivity index (χ3v) is 5.00. The van der Waals surface area contributed by atoms with Gasteiger partial charge in [-0.05, 0) is 32.1 Å². The summed E-state index contributed by atoms with van der Waals surface area (Å²) < 4.78 is 1.84. The molecule has 5 heteroatoms. The van der Waals surface area contributed by atoms with Crippen molar-refractivity contribution in [2.75, 3.05) is 17.2 Å². The Morgan fingerprint density at radius 1 is 1.32 bits per heavy atom. The first kappa shape index (κ1) is 14.9. The molecule has 0 N–H and O–H groups in total. The molecule has 0 unspecified atom stereocenters. The van der Waals surface area contributed by atoms with Crippen LogP contribution >= 0.6 is 11.8 Å². The van der Waals surface area contributed by atoms with Crippen molar-refractivity contribution in [3.05, 3.63) is 47.3 Å². The monoisotopic (exact) mass is 313 g/mol. The molecule has 0 fully saturated rings. The van der Waals surface area contributed by atoms with Crippen LogP contribution in [0, 0.1) is 13.8 Å². The molecule has 1 aliphatic rings. The van der Waals surface area contributed by atoms with E-state index in [1.54, 1.807) is 17.8 Å². The van der Waals surface area contributed by atoms with Gasteiger partial charge in [0, 0.05) is 41.6 Å². The van der Waals surface area contributed by atoms with E-state index in [9.17, 15) is 4.79 Å². The summed E-state index contributed by atoms with van der Waals surface area (Å²) in [6.45, 7) is 4.72. The average Bonchev–Trinajstić information content (AvgIpc) is 2.77. The van der Waals surface area contributed by atoms with Crippen LogP contribution in [0.3, 0.4) is 0 Å². The van der Waals surface area contributed by atoms with Gasteiger partial charge in [-0.25, -0.2) is 0 Å². The fraction of sp³-hybridized carbons (Fsp3) is 0.294. The highest BCUT2D eigenvalue weighted by Gasteiger charge is 2.21. The maximum absolute atomic E-state index is 12.6. The molecule has 114 valence electrons. The first-order valence-electron chi connectivity index (χ1n) is 7.29. The quantitative estimate of drug-likeness (QED) is 0.799. The first-order valence-corrected chi connectivity index (χ1v) is 8.28. The number of thioether (sulfide) groups is 1. The highest BCUT2D eigenvalue weighted by molar-refractivity contribution is 7.99. The third-order valence-electron chi connectivity index (χ3n) is 3.95. The van der Waals surface area contributed by atoms with E-state index in [0.29, 0.717) is 0 Å². The van der Waals surface area contributed by atoms with Gasteiger partial charge < -0.3 is 4.90 Å². The van der Waals surface area contributed by atoms with E-state index in [1.807, 2.05) is 54.8 Å². The molecule has 0 bridgehead atoms. The maximum Gasteiger partial charge on any atom is 0.251 e. The van der Waals surface area contributed by atoms with Crippen LogP contribution < -0.4 is 4.90 Å². The van der Waals surface area contributed by atoms with Crippen molar-refractivity contribution in [1.82, 2.24) is 9.78 Å². The second-order valence-electron chi connectivity index (χ2n) is 5.35. The minimum absolute atomic E-state index is 0.0235. The number of para-hydroxylation sites is 1. The molecule has 3 rings (SSSR count). The van der Waals surface area contributed by atoms with Crippen molar-refractivity contribution < 1.29 is 4.79 Å². The Balaban J connectivity index is 1.85. The predicted octanol–water partition coefficient (Wildman–Crippen LogP) is 3.19. The van der Waals surface area contributed by atoms with Gasteiger partial charge in [0.2, 0.25) is 0 Å². The van der Waals surface area contributed by atoms with Gasteiger partial charge in [-0.2, -0.15) is 5.10 Å². The molecule has 22 heavy (non-hydrogen) atoms. The number of fused-ring (bicyclic) bond motifs is 1. The molecule has 0 aliphatic carbocycles. The summed E-state index contributed by atoms with van der Waals surface area (Å²) >= 11 is 1.80. The highest BCUT2D eigenvalue weighted by atomic mass is 32.2. The van der Waals surface area contributed by atoms with E-state index in [1.165, 1.54) is 4.90 Å². The number of hydrogen-bond acceptors (Lipinski definition) is 3. The van der Waals surface area contributed by atoms with Gasteiger partial charge in [-0.3, -0.25) is 9.48 Å². The average molecular weight is 313 g/mol. The standard InChI is InChI=1S/C17H19N3OS/c1-12-14(13(2)19(3)18-12)8-9-17(21)20-10-11-22-16-7-5-4-6-15(16)20/h4-9H,10-11H2,1-3H3. The van der Waals surface area contributed by atoms with Crippen molar-refractivity contribution in [3.8, 4) is 0 Å². The highest BCUT2D eigenvalue weighted by Crippen LogP contribution is 2.34. The largest absolute Gasteiger partial charge is 0.307 e. The first-order chi connectivity index (χ1) is 10.6. The van der Waals surface area contributed by atoms with E-state index in [2.05, 4.69) is 11.2 Å². The zero-order valence-electron chi connectivity index (χ0n) is 13.0. The van der Waals surface area contributed by atoms with Crippen LogP contribution in [0.2, 0.25) is 0 Å². The van der Waals surface area contributed by atoms with Gasteiger partial charge in [0.1, 0.15) is 0 Å². The van der Waals surface area contributed by atoms with E-state index < -0.39 is 0 Å². The Bertz CT molecular complexity index is 748. The summed E-state index contributed by atoms with van der Waals surface area (Å²) in [4.78, 5) is 15.6. The molecule has 1 aromatic carbocycles. The molecule has 4 nitrogen and oxygen atoms in total. The molecule has 1 amide bonds. The topological polar surface area (TPSA) is 38.1 Å². The zero-order valence-corrected chi connectivity index (χ0v) is 13.9. The number of carbonyl (C=O) groups is 1. The fourth-order valence-electron chi connectivity index (χ4n) is 2.67. The normalized spacial score (nSPS) is 14.4. The number of rotatable bonds is 2. The van der Waals surface area contributed by atoms with Crippen LogP contribution in [0.4, 0.5) is 5.69 Å². The number of aromatic nitrogens is 2. The molecule has 2 aromatic rings. The van der Waals surface area contributed by atoms with Crippen LogP contribution in [-0.4, -0.2) is 28.0 Å². The predicted molar refractivity (Wildman–Crippen MR) is 91.2 cm³/mol. The minimum Gasteiger partial charge on any atom is -0.307 e. The molecule has 0 atom stereocenters. The van der Waals surface area contributed by atoms with E-state index in [4.69, 9.17) is 0 Å². The van der Waals surface area contributed by atoms with Crippen molar-refractivity contribution in [3.63, 3.8) is 0 Å². The summed E-state index contributed by atoms with van der Waals surface area (Å²) in [6.07, 6.45) is 3.54. The SMILES string of the molecule is Cc1nn(C)c(C)c1C=CC(=O)N1CCSc2ccccc21. The minimum atomic E-state index is 0.0235. The summed E-state index contributed by atoms with van der Waals surface area (Å²) in [5.41, 5.74) is 4.04. The lowest BCUT2D eigenvalue weighted by atomic mass is 10.2. The summed E-state index contributed by atoms with van der Waals surface area (Å²) in [5.74, 6) is 0.956. The van der Waals surface area contributed by atoms with Gasteiger partial charge in [0.25, 0.3) is 5.91 Å². The lowest BCUT2D eigenvalue weighted by Gasteiger charge is -2.27. The van der Waals surface area contributed by atoms with Crippen LogP contribution in [-0.2, 0) is 11.8 Å². The van der Waals surface area contributed by atoms with Crippen molar-refractivity contribution in [2.24, 2.45) is 7.05 Å². The van der Waals surface area contributed by atoms with E-state index >= 15 is 0 Å². The summed E-state index contributed by atoms with van der Waals surface area (Å²) in [6, 6.07) is 8.06. The van der Waals surface area contributed by atoms with E-state index in [-0.39, 0.29) is 5.91 Å². The zero-order chi connectivity index (χ0) is 15.7. The molecule has 0 saturated carbocycles. The Hall–Kier alpha value is -2.01. The van der Waals surface area contributed by atoms with Crippen LogP contribution in [0.5, 0.6) is 0 Å². The van der Waals surface area contributed by atoms with Gasteiger partial charge in [-0.15, -0.1) is 11.8 Å². The van der Waals surface area contributed by atoms with Gasteiger partial charge in [0.05, 0.1) is 11.4 Å². The molecule has 0 saturated heterocycles. The number of benzene rings is 1. The molecular weight excluding hydrogens is 294 g/mol. The lowest BCUT2D eigenvalue weighted by Crippen LogP contribution is -2.34. The second-order valence-corrected chi connectivity index (χ2v) is 6.48. The summed E-state index contributed by atoms with van der Waals surface area (Å²) in [5, 5.41) is 4.37.